The fourth-order valence-corrected chi connectivity index (χ4v) is 2.50. The first-order chi connectivity index (χ1) is 9.35. The summed E-state index contributed by atoms with van der Waals surface area (Å²) in [5, 5.41) is 3.65. The van der Waals surface area contributed by atoms with Crippen molar-refractivity contribution in [3.63, 3.8) is 0 Å². The van der Waals surface area contributed by atoms with E-state index in [1.165, 1.54) is 12.8 Å². The normalized spacial score (nSPS) is 12.9. The molecular weight excluding hydrogens is 248 g/mol. The van der Waals surface area contributed by atoms with Crippen LogP contribution in [0.5, 0.6) is 0 Å². The minimum absolute atomic E-state index is 0.332. The Kier molecular flexibility index (Phi) is 10.5. The quantitative estimate of drug-likeness (QED) is 0.595. The van der Waals surface area contributed by atoms with Crippen LogP contribution in [0.1, 0.15) is 54.4 Å². The maximum absolute atomic E-state index is 5.65. The number of rotatable bonds is 12. The Morgan fingerprint density at radius 3 is 2.15 bits per heavy atom. The molecule has 0 bridgehead atoms. The van der Waals surface area contributed by atoms with E-state index < -0.39 is 0 Å². The Morgan fingerprint density at radius 2 is 1.70 bits per heavy atom. The highest BCUT2D eigenvalue weighted by atomic mass is 16.5. The van der Waals surface area contributed by atoms with E-state index in [0.717, 1.165) is 38.7 Å². The van der Waals surface area contributed by atoms with Gasteiger partial charge in [0.1, 0.15) is 0 Å². The summed E-state index contributed by atoms with van der Waals surface area (Å²) in [6.07, 6.45) is 2.78. The maximum atomic E-state index is 5.65. The van der Waals surface area contributed by atoms with Crippen molar-refractivity contribution < 1.29 is 4.74 Å². The molecule has 3 nitrogen and oxygen atoms in total. The van der Waals surface area contributed by atoms with Crippen molar-refractivity contribution in [2.45, 2.75) is 60.5 Å². The van der Waals surface area contributed by atoms with Crippen molar-refractivity contribution in [3.8, 4) is 0 Å². The van der Waals surface area contributed by atoms with Gasteiger partial charge in [-0.2, -0.15) is 0 Å². The maximum Gasteiger partial charge on any atom is 0.0596 e. The van der Waals surface area contributed by atoms with Crippen LogP contribution in [0.4, 0.5) is 0 Å². The fraction of sp³-hybridized carbons (Fsp3) is 1.00. The third kappa shape index (κ3) is 8.93. The summed E-state index contributed by atoms with van der Waals surface area (Å²) in [5.74, 6) is 0.721. The molecule has 1 N–H and O–H groups in total. The first-order valence-corrected chi connectivity index (χ1v) is 8.36. The average molecular weight is 287 g/mol. The molecule has 122 valence electrons. The largest absolute Gasteiger partial charge is 0.377 e. The molecule has 0 aliphatic heterocycles. The van der Waals surface area contributed by atoms with E-state index >= 15 is 0 Å². The van der Waals surface area contributed by atoms with Gasteiger partial charge in [-0.15, -0.1) is 0 Å². The topological polar surface area (TPSA) is 24.5 Å². The number of hydrogen-bond acceptors (Lipinski definition) is 3. The molecule has 0 unspecified atom stereocenters. The van der Waals surface area contributed by atoms with Crippen molar-refractivity contribution in [2.24, 2.45) is 11.3 Å². The van der Waals surface area contributed by atoms with Crippen LogP contribution in [-0.2, 0) is 4.74 Å². The standard InChI is InChI=1S/C17H38N2O/c1-8-17(9-2,13-18-12-15(3)4)14-19(7)10-11-20-16(5)6/h15-16,18H,8-14H2,1-7H3. The second-order valence-corrected chi connectivity index (χ2v) is 6.89. The second-order valence-electron chi connectivity index (χ2n) is 6.89. The number of nitrogens with zero attached hydrogens (tertiary/aromatic N) is 1. The van der Waals surface area contributed by atoms with Gasteiger partial charge >= 0.3 is 0 Å². The SMILES string of the molecule is CCC(CC)(CNCC(C)C)CN(C)CCOC(C)C. The number of ether oxygens (including phenoxy) is 1. The highest BCUT2D eigenvalue weighted by Gasteiger charge is 2.27. The molecule has 0 atom stereocenters. The van der Waals surface area contributed by atoms with Crippen molar-refractivity contribution in [3.05, 3.63) is 0 Å². The van der Waals surface area contributed by atoms with E-state index in [9.17, 15) is 0 Å². The lowest BCUT2D eigenvalue weighted by molar-refractivity contribution is 0.0526. The van der Waals surface area contributed by atoms with Gasteiger partial charge in [0, 0.05) is 19.6 Å². The van der Waals surface area contributed by atoms with Crippen LogP contribution < -0.4 is 5.32 Å². The van der Waals surface area contributed by atoms with Crippen LogP contribution >= 0.6 is 0 Å². The lowest BCUT2D eigenvalue weighted by Gasteiger charge is -2.36. The van der Waals surface area contributed by atoms with Crippen molar-refractivity contribution in [1.29, 1.82) is 0 Å². The zero-order valence-electron chi connectivity index (χ0n) is 15.0. The van der Waals surface area contributed by atoms with Gasteiger partial charge in [-0.05, 0) is 51.6 Å². The van der Waals surface area contributed by atoms with Gasteiger partial charge in [0.25, 0.3) is 0 Å². The predicted molar refractivity (Wildman–Crippen MR) is 89.3 cm³/mol. The summed E-state index contributed by atoms with van der Waals surface area (Å²) < 4.78 is 5.65. The monoisotopic (exact) mass is 286 g/mol. The van der Waals surface area contributed by atoms with Gasteiger partial charge in [-0.1, -0.05) is 27.7 Å². The molecule has 0 saturated carbocycles. The highest BCUT2D eigenvalue weighted by molar-refractivity contribution is 4.82. The molecule has 0 rings (SSSR count). The Balaban J connectivity index is 4.21. The molecule has 0 spiro atoms. The van der Waals surface area contributed by atoms with Crippen LogP contribution in [-0.4, -0.2) is 50.8 Å². The fourth-order valence-electron chi connectivity index (χ4n) is 2.50. The lowest BCUT2D eigenvalue weighted by atomic mass is 9.81. The second kappa shape index (κ2) is 10.6. The van der Waals surface area contributed by atoms with Gasteiger partial charge in [0.15, 0.2) is 0 Å². The molecule has 0 aromatic rings. The smallest absolute Gasteiger partial charge is 0.0596 e. The summed E-state index contributed by atoms with van der Waals surface area (Å²) in [7, 11) is 2.21. The lowest BCUT2D eigenvalue weighted by Crippen LogP contribution is -2.44. The van der Waals surface area contributed by atoms with Crippen molar-refractivity contribution >= 4 is 0 Å². The molecule has 0 aliphatic carbocycles. The molecule has 20 heavy (non-hydrogen) atoms. The van der Waals surface area contributed by atoms with Crippen LogP contribution in [0.15, 0.2) is 0 Å². The van der Waals surface area contributed by atoms with Gasteiger partial charge in [-0.25, -0.2) is 0 Å². The Hall–Kier alpha value is -0.120. The molecule has 3 heteroatoms. The first-order valence-electron chi connectivity index (χ1n) is 8.36. The Bertz CT molecular complexity index is 225. The van der Waals surface area contributed by atoms with E-state index in [1.54, 1.807) is 0 Å². The van der Waals surface area contributed by atoms with Crippen LogP contribution in [0.3, 0.4) is 0 Å². The predicted octanol–water partition coefficient (Wildman–Crippen LogP) is 3.40. The number of nitrogens with one attached hydrogen (secondary N) is 1. The van der Waals surface area contributed by atoms with E-state index in [-0.39, 0.29) is 0 Å². The Labute approximate surface area is 127 Å². The summed E-state index contributed by atoms with van der Waals surface area (Å²) in [4.78, 5) is 2.42. The number of hydrogen-bond donors (Lipinski definition) is 1. The van der Waals surface area contributed by atoms with E-state index in [2.05, 4.69) is 58.8 Å². The van der Waals surface area contributed by atoms with Crippen molar-refractivity contribution in [1.82, 2.24) is 10.2 Å². The van der Waals surface area contributed by atoms with Crippen LogP contribution in [0.2, 0.25) is 0 Å². The summed E-state index contributed by atoms with van der Waals surface area (Å²) in [6, 6.07) is 0. The van der Waals surface area contributed by atoms with Crippen LogP contribution in [0.25, 0.3) is 0 Å². The van der Waals surface area contributed by atoms with E-state index in [0.29, 0.717) is 11.5 Å². The third-order valence-corrected chi connectivity index (χ3v) is 4.08. The summed E-state index contributed by atoms with van der Waals surface area (Å²) >= 11 is 0. The molecule has 0 fully saturated rings. The van der Waals surface area contributed by atoms with E-state index in [4.69, 9.17) is 4.74 Å². The van der Waals surface area contributed by atoms with Gasteiger partial charge in [0.05, 0.1) is 12.7 Å². The van der Waals surface area contributed by atoms with E-state index in [1.807, 2.05) is 0 Å². The Morgan fingerprint density at radius 1 is 1.10 bits per heavy atom. The highest BCUT2D eigenvalue weighted by Crippen LogP contribution is 2.26. The average Bonchev–Trinajstić information content (AvgIpc) is 2.36. The van der Waals surface area contributed by atoms with Crippen LogP contribution in [0, 0.1) is 11.3 Å². The first kappa shape index (κ1) is 19.9. The minimum atomic E-state index is 0.332. The van der Waals surface area contributed by atoms with Gasteiger partial charge in [-0.3, -0.25) is 0 Å². The number of likely N-dealkylation sites (N-methyl/N-ethyl adjacent to an activating group) is 1. The van der Waals surface area contributed by atoms with Crippen molar-refractivity contribution in [2.75, 3.05) is 39.8 Å². The third-order valence-electron chi connectivity index (χ3n) is 4.08. The molecular formula is C17H38N2O. The molecule has 0 aromatic heterocycles. The zero-order chi connectivity index (χ0) is 15.6. The molecule has 0 heterocycles. The van der Waals surface area contributed by atoms with Gasteiger partial charge < -0.3 is 15.0 Å². The molecule has 0 aliphatic rings. The molecule has 0 amide bonds. The zero-order valence-corrected chi connectivity index (χ0v) is 15.0. The molecule has 0 aromatic carbocycles. The summed E-state index contributed by atoms with van der Waals surface area (Å²) in [6.45, 7) is 18.6. The summed E-state index contributed by atoms with van der Waals surface area (Å²) in [5.41, 5.74) is 0.390. The minimum Gasteiger partial charge on any atom is -0.377 e. The molecule has 0 saturated heterocycles. The van der Waals surface area contributed by atoms with Gasteiger partial charge in [0.2, 0.25) is 0 Å². The molecule has 0 radical (unpaired) electrons.